The summed E-state index contributed by atoms with van der Waals surface area (Å²) >= 11 is 0. The Labute approximate surface area is 165 Å². The van der Waals surface area contributed by atoms with Crippen molar-refractivity contribution in [2.24, 2.45) is 0 Å². The summed E-state index contributed by atoms with van der Waals surface area (Å²) in [7, 11) is -3.37. The number of amides is 1. The molecule has 148 valence electrons. The molecule has 7 heteroatoms. The molecule has 2 aliphatic heterocycles. The van der Waals surface area contributed by atoms with Crippen LogP contribution in [0.2, 0.25) is 0 Å². The number of ether oxygens (including phenoxy) is 1. The van der Waals surface area contributed by atoms with Gasteiger partial charge in [-0.25, -0.2) is 13.1 Å². The molecule has 2 unspecified atom stereocenters. The fourth-order valence-corrected chi connectivity index (χ4v) is 5.02. The predicted octanol–water partition coefficient (Wildman–Crippen LogP) is 2.20. The van der Waals surface area contributed by atoms with Gasteiger partial charge in [-0.2, -0.15) is 0 Å². The van der Waals surface area contributed by atoms with Gasteiger partial charge < -0.3 is 9.64 Å². The third kappa shape index (κ3) is 4.05. The van der Waals surface area contributed by atoms with Gasteiger partial charge in [-0.1, -0.05) is 42.5 Å². The van der Waals surface area contributed by atoms with Crippen molar-refractivity contribution in [3.63, 3.8) is 0 Å². The summed E-state index contributed by atoms with van der Waals surface area (Å²) in [6, 6.07) is 15.3. The van der Waals surface area contributed by atoms with E-state index in [1.165, 1.54) is 6.26 Å². The summed E-state index contributed by atoms with van der Waals surface area (Å²) in [6.07, 6.45) is 3.22. The fourth-order valence-electron chi connectivity index (χ4n) is 4.19. The van der Waals surface area contributed by atoms with Crippen LogP contribution >= 0.6 is 0 Å². The van der Waals surface area contributed by atoms with Crippen molar-refractivity contribution < 1.29 is 17.9 Å². The molecule has 2 aromatic rings. The molecule has 1 amide bonds. The number of sulfonamides is 1. The largest absolute Gasteiger partial charge is 0.483 e. The van der Waals surface area contributed by atoms with Gasteiger partial charge in [0.25, 0.3) is 5.91 Å². The summed E-state index contributed by atoms with van der Waals surface area (Å²) in [5.74, 6) is 0.559. The van der Waals surface area contributed by atoms with Crippen LogP contribution in [-0.2, 0) is 21.2 Å². The zero-order chi connectivity index (χ0) is 19.7. The number of benzene rings is 2. The molecule has 0 spiro atoms. The normalized spacial score (nSPS) is 22.5. The molecule has 0 aromatic heterocycles. The van der Waals surface area contributed by atoms with E-state index in [1.54, 1.807) is 4.90 Å². The van der Waals surface area contributed by atoms with E-state index < -0.39 is 10.0 Å². The van der Waals surface area contributed by atoms with Gasteiger partial charge in [0.2, 0.25) is 10.0 Å². The van der Waals surface area contributed by atoms with Crippen LogP contribution in [0.4, 0.5) is 0 Å². The highest BCUT2D eigenvalue weighted by atomic mass is 32.2. The van der Waals surface area contributed by atoms with Crippen molar-refractivity contribution in [3.8, 4) is 16.9 Å². The van der Waals surface area contributed by atoms with E-state index in [9.17, 15) is 13.2 Å². The Kier molecular flexibility index (Phi) is 5.12. The molecular formula is C21H24N2O4S. The molecule has 1 fully saturated rings. The van der Waals surface area contributed by atoms with Crippen LogP contribution in [0, 0.1) is 0 Å². The number of rotatable bonds is 2. The number of fused-ring (bicyclic) bond motifs is 5. The van der Waals surface area contributed by atoms with E-state index in [4.69, 9.17) is 4.74 Å². The number of hydrogen-bond acceptors (Lipinski definition) is 4. The minimum atomic E-state index is -3.37. The highest BCUT2D eigenvalue weighted by Gasteiger charge is 2.36. The molecule has 2 heterocycles. The monoisotopic (exact) mass is 400 g/mol. The summed E-state index contributed by atoms with van der Waals surface area (Å²) in [4.78, 5) is 14.7. The Morgan fingerprint density at radius 2 is 1.96 bits per heavy atom. The third-order valence-electron chi connectivity index (χ3n) is 5.39. The number of nitrogens with zero attached hydrogens (tertiary/aromatic N) is 1. The molecule has 6 nitrogen and oxygen atoms in total. The van der Waals surface area contributed by atoms with E-state index in [1.807, 2.05) is 42.5 Å². The van der Waals surface area contributed by atoms with E-state index in [2.05, 4.69) is 10.8 Å². The van der Waals surface area contributed by atoms with Crippen LogP contribution in [-0.4, -0.2) is 50.7 Å². The molecule has 1 N–H and O–H groups in total. The Morgan fingerprint density at radius 3 is 2.79 bits per heavy atom. The lowest BCUT2D eigenvalue weighted by Gasteiger charge is -2.41. The molecule has 0 aliphatic carbocycles. The van der Waals surface area contributed by atoms with Gasteiger partial charge in [-0.15, -0.1) is 0 Å². The fraction of sp³-hybridized carbons (Fsp3) is 0.381. The summed E-state index contributed by atoms with van der Waals surface area (Å²) in [5.41, 5.74) is 3.04. The molecule has 4 rings (SSSR count). The first-order valence-corrected chi connectivity index (χ1v) is 11.4. The highest BCUT2D eigenvalue weighted by molar-refractivity contribution is 7.88. The van der Waals surface area contributed by atoms with Gasteiger partial charge in [-0.3, -0.25) is 4.79 Å². The van der Waals surface area contributed by atoms with Gasteiger partial charge >= 0.3 is 0 Å². The minimum absolute atomic E-state index is 0.0604. The molecule has 1 saturated heterocycles. The zero-order valence-corrected chi connectivity index (χ0v) is 16.6. The van der Waals surface area contributed by atoms with Gasteiger partial charge in [0.1, 0.15) is 5.75 Å². The van der Waals surface area contributed by atoms with Crippen molar-refractivity contribution >= 4 is 15.9 Å². The molecule has 0 saturated carbocycles. The van der Waals surface area contributed by atoms with E-state index in [0.29, 0.717) is 25.1 Å². The molecule has 0 radical (unpaired) electrons. The van der Waals surface area contributed by atoms with Gasteiger partial charge in [0.05, 0.1) is 12.3 Å². The topological polar surface area (TPSA) is 75.7 Å². The maximum Gasteiger partial charge on any atom is 0.260 e. The first-order chi connectivity index (χ1) is 13.4. The van der Waals surface area contributed by atoms with Crippen molar-refractivity contribution in [2.75, 3.05) is 19.4 Å². The SMILES string of the molecule is CS(=O)(=O)NC1CCCN2C(=O)COc3ccccc3-c3cccc(c3)CC12. The number of piperidine rings is 1. The van der Waals surface area contributed by atoms with Crippen LogP contribution in [0.15, 0.2) is 48.5 Å². The average molecular weight is 401 g/mol. The number of nitrogens with one attached hydrogen (secondary N) is 1. The van der Waals surface area contributed by atoms with Crippen LogP contribution < -0.4 is 9.46 Å². The van der Waals surface area contributed by atoms with E-state index in [0.717, 1.165) is 23.1 Å². The second-order valence-corrected chi connectivity index (χ2v) is 9.26. The van der Waals surface area contributed by atoms with Crippen LogP contribution in [0.5, 0.6) is 5.75 Å². The van der Waals surface area contributed by atoms with Crippen molar-refractivity contribution in [2.45, 2.75) is 31.3 Å². The second-order valence-electron chi connectivity index (χ2n) is 7.48. The molecular weight excluding hydrogens is 376 g/mol. The van der Waals surface area contributed by atoms with Crippen LogP contribution in [0.25, 0.3) is 11.1 Å². The first-order valence-electron chi connectivity index (χ1n) is 9.48. The average Bonchev–Trinajstić information content (AvgIpc) is 2.67. The molecule has 2 aromatic carbocycles. The second kappa shape index (κ2) is 7.56. The molecule has 28 heavy (non-hydrogen) atoms. The Hall–Kier alpha value is -2.38. The summed E-state index contributed by atoms with van der Waals surface area (Å²) < 4.78 is 32.4. The van der Waals surface area contributed by atoms with Crippen molar-refractivity contribution in [3.05, 3.63) is 54.1 Å². The Bertz CT molecular complexity index is 989. The number of carbonyl (C=O) groups is 1. The van der Waals surface area contributed by atoms with Gasteiger partial charge in [0.15, 0.2) is 6.61 Å². The summed E-state index contributed by atoms with van der Waals surface area (Å²) in [5, 5.41) is 0. The quantitative estimate of drug-likeness (QED) is 0.839. The number of para-hydroxylation sites is 1. The van der Waals surface area contributed by atoms with Crippen molar-refractivity contribution in [1.29, 1.82) is 0 Å². The van der Waals surface area contributed by atoms with Crippen LogP contribution in [0.1, 0.15) is 18.4 Å². The maximum atomic E-state index is 13.0. The lowest BCUT2D eigenvalue weighted by atomic mass is 9.90. The first kappa shape index (κ1) is 19.0. The molecule has 2 atom stereocenters. The lowest BCUT2D eigenvalue weighted by molar-refractivity contribution is -0.137. The van der Waals surface area contributed by atoms with E-state index in [-0.39, 0.29) is 24.6 Å². The Morgan fingerprint density at radius 1 is 1.14 bits per heavy atom. The standard InChI is InChI=1S/C21H24N2O4S/c1-28(25,26)22-18-9-5-11-23-19(18)13-15-6-4-7-16(12-15)17-8-2-3-10-20(17)27-14-21(23)24/h2-4,6-8,10,12,18-19,22H,5,9,11,13-14H2,1H3. The van der Waals surface area contributed by atoms with E-state index >= 15 is 0 Å². The number of carbonyl (C=O) groups excluding carboxylic acids is 1. The van der Waals surface area contributed by atoms with Gasteiger partial charge in [0, 0.05) is 18.2 Å². The summed E-state index contributed by atoms with van der Waals surface area (Å²) in [6.45, 7) is 0.547. The maximum absolute atomic E-state index is 13.0. The lowest BCUT2D eigenvalue weighted by Crippen LogP contribution is -2.58. The molecule has 2 aliphatic rings. The van der Waals surface area contributed by atoms with Gasteiger partial charge in [-0.05, 0) is 36.5 Å². The van der Waals surface area contributed by atoms with Crippen LogP contribution in [0.3, 0.4) is 0 Å². The predicted molar refractivity (Wildman–Crippen MR) is 108 cm³/mol. The number of hydrogen-bond donors (Lipinski definition) is 1. The van der Waals surface area contributed by atoms with Crippen molar-refractivity contribution in [1.82, 2.24) is 9.62 Å². The Balaban J connectivity index is 1.76. The minimum Gasteiger partial charge on any atom is -0.483 e. The zero-order valence-electron chi connectivity index (χ0n) is 15.8. The third-order valence-corrected chi connectivity index (χ3v) is 6.12. The molecule has 2 bridgehead atoms. The highest BCUT2D eigenvalue weighted by Crippen LogP contribution is 2.32. The smallest absolute Gasteiger partial charge is 0.260 e.